The zero-order valence-electron chi connectivity index (χ0n) is 15.0. The van der Waals surface area contributed by atoms with Gasteiger partial charge in [0, 0.05) is 52.7 Å². The van der Waals surface area contributed by atoms with E-state index in [-0.39, 0.29) is 16.9 Å². The summed E-state index contributed by atoms with van der Waals surface area (Å²) in [5, 5.41) is 26.2. The molecule has 2 aromatic carbocycles. The fourth-order valence-corrected chi connectivity index (χ4v) is 3.05. The van der Waals surface area contributed by atoms with Gasteiger partial charge in [-0.1, -0.05) is 6.07 Å². The maximum atomic E-state index is 12.2. The number of carbonyl (C=O) groups is 1. The quantitative estimate of drug-likeness (QED) is 0.262. The lowest BCUT2D eigenvalue weighted by molar-refractivity contribution is -0.385. The van der Waals surface area contributed by atoms with Crippen molar-refractivity contribution in [3.8, 4) is 0 Å². The highest BCUT2D eigenvalue weighted by atomic mass is 32.2. The maximum Gasteiger partial charge on any atom is 0.271 e. The van der Waals surface area contributed by atoms with Crippen molar-refractivity contribution in [1.29, 1.82) is 0 Å². The Morgan fingerprint density at radius 2 is 1.70 bits per heavy atom. The van der Waals surface area contributed by atoms with Crippen molar-refractivity contribution in [3.63, 3.8) is 0 Å². The normalized spacial score (nSPS) is 10.7. The van der Waals surface area contributed by atoms with Gasteiger partial charge in [-0.15, -0.1) is 0 Å². The van der Waals surface area contributed by atoms with E-state index < -0.39 is 15.8 Å². The minimum absolute atomic E-state index is 0.0488. The van der Waals surface area contributed by atoms with Gasteiger partial charge in [-0.2, -0.15) is 5.10 Å². The Kier molecular flexibility index (Phi) is 6.39. The monoisotopic (exact) mass is 424 g/mol. The van der Waals surface area contributed by atoms with Crippen LogP contribution in [0.5, 0.6) is 0 Å². The molecule has 0 aliphatic heterocycles. The molecular formula is C18H12N6O5S. The number of amides is 1. The van der Waals surface area contributed by atoms with Crippen LogP contribution in [-0.4, -0.2) is 31.9 Å². The van der Waals surface area contributed by atoms with E-state index >= 15 is 0 Å². The number of nitrogens with zero attached hydrogens (tertiary/aromatic N) is 5. The lowest BCUT2D eigenvalue weighted by Gasteiger charge is -2.05. The van der Waals surface area contributed by atoms with E-state index in [1.54, 1.807) is 18.5 Å². The molecule has 0 spiro atoms. The number of benzene rings is 2. The van der Waals surface area contributed by atoms with E-state index in [0.29, 0.717) is 15.6 Å². The van der Waals surface area contributed by atoms with Gasteiger partial charge in [-0.3, -0.25) is 25.0 Å². The van der Waals surface area contributed by atoms with Crippen molar-refractivity contribution in [3.05, 3.63) is 92.3 Å². The van der Waals surface area contributed by atoms with Crippen molar-refractivity contribution in [2.75, 3.05) is 0 Å². The van der Waals surface area contributed by atoms with Gasteiger partial charge >= 0.3 is 0 Å². The van der Waals surface area contributed by atoms with E-state index in [1.807, 2.05) is 0 Å². The van der Waals surface area contributed by atoms with Gasteiger partial charge in [0.1, 0.15) is 0 Å². The molecule has 30 heavy (non-hydrogen) atoms. The van der Waals surface area contributed by atoms with Crippen molar-refractivity contribution < 1.29 is 14.6 Å². The van der Waals surface area contributed by atoms with Gasteiger partial charge in [-0.05, 0) is 30.0 Å². The fourth-order valence-electron chi connectivity index (χ4n) is 2.27. The Morgan fingerprint density at radius 1 is 1.00 bits per heavy atom. The summed E-state index contributed by atoms with van der Waals surface area (Å²) >= 11 is 1.17. The molecule has 3 aromatic rings. The molecule has 0 unspecified atom stereocenters. The zero-order valence-corrected chi connectivity index (χ0v) is 15.9. The Labute approximate surface area is 173 Å². The standard InChI is InChI=1S/C18H12N6O5S/c25-17(12-3-1-4-14(9-12)23(26)27)22-21-11-13-10-15(24(28)29)5-6-16(13)30-18-19-7-2-8-20-18/h1-11H,(H,22,25)/b21-11+. The number of nitrogens with one attached hydrogen (secondary N) is 1. The van der Waals surface area contributed by atoms with Crippen LogP contribution >= 0.6 is 11.8 Å². The molecule has 0 radical (unpaired) electrons. The first-order chi connectivity index (χ1) is 14.4. The van der Waals surface area contributed by atoms with Crippen LogP contribution in [0.3, 0.4) is 0 Å². The summed E-state index contributed by atoms with van der Waals surface area (Å²) in [7, 11) is 0. The van der Waals surface area contributed by atoms with Crippen LogP contribution in [0.25, 0.3) is 0 Å². The van der Waals surface area contributed by atoms with Crippen LogP contribution in [0, 0.1) is 20.2 Å². The number of hydrogen-bond donors (Lipinski definition) is 1. The van der Waals surface area contributed by atoms with Crippen LogP contribution in [-0.2, 0) is 0 Å². The van der Waals surface area contributed by atoms with Crippen molar-refractivity contribution in [2.45, 2.75) is 10.1 Å². The van der Waals surface area contributed by atoms with Gasteiger partial charge in [0.25, 0.3) is 17.3 Å². The van der Waals surface area contributed by atoms with E-state index in [1.165, 1.54) is 54.4 Å². The largest absolute Gasteiger partial charge is 0.271 e. The molecule has 0 atom stereocenters. The molecule has 0 aliphatic carbocycles. The molecule has 12 heteroatoms. The molecular weight excluding hydrogens is 412 g/mol. The summed E-state index contributed by atoms with van der Waals surface area (Å²) in [6.07, 6.45) is 4.37. The topological polar surface area (TPSA) is 154 Å². The molecule has 0 saturated carbocycles. The summed E-state index contributed by atoms with van der Waals surface area (Å²) in [5.74, 6) is -0.666. The van der Waals surface area contributed by atoms with E-state index in [2.05, 4.69) is 20.5 Å². The van der Waals surface area contributed by atoms with Crippen LogP contribution in [0.2, 0.25) is 0 Å². The second-order valence-corrected chi connectivity index (χ2v) is 6.63. The van der Waals surface area contributed by atoms with Gasteiger partial charge in [0.2, 0.25) is 0 Å². The third kappa shape index (κ3) is 5.20. The van der Waals surface area contributed by atoms with Crippen molar-refractivity contribution in [1.82, 2.24) is 15.4 Å². The summed E-state index contributed by atoms with van der Waals surface area (Å²) in [6.45, 7) is 0. The predicted octanol–water partition coefficient (Wildman–Crippen LogP) is 3.21. The first-order valence-electron chi connectivity index (χ1n) is 8.25. The Balaban J connectivity index is 1.81. The Hall–Kier alpha value is -4.19. The number of aromatic nitrogens is 2. The van der Waals surface area contributed by atoms with Crippen LogP contribution < -0.4 is 5.43 Å². The number of non-ortho nitro benzene ring substituents is 2. The predicted molar refractivity (Wildman–Crippen MR) is 107 cm³/mol. The van der Waals surface area contributed by atoms with Crippen molar-refractivity contribution in [2.24, 2.45) is 5.10 Å². The minimum atomic E-state index is -0.666. The second kappa shape index (κ2) is 9.34. The van der Waals surface area contributed by atoms with Gasteiger partial charge in [0.15, 0.2) is 5.16 Å². The van der Waals surface area contributed by atoms with Crippen LogP contribution in [0.1, 0.15) is 15.9 Å². The maximum absolute atomic E-state index is 12.2. The van der Waals surface area contributed by atoms with E-state index in [0.717, 1.165) is 6.07 Å². The highest BCUT2D eigenvalue weighted by Gasteiger charge is 2.13. The van der Waals surface area contributed by atoms with E-state index in [9.17, 15) is 25.0 Å². The number of rotatable bonds is 7. The summed E-state index contributed by atoms with van der Waals surface area (Å²) in [4.78, 5) is 41.7. The molecule has 3 rings (SSSR count). The Bertz CT molecular complexity index is 1140. The SMILES string of the molecule is O=C(N/N=C/c1cc([N+](=O)[O-])ccc1Sc1ncccn1)c1cccc([N+](=O)[O-])c1. The summed E-state index contributed by atoms with van der Waals surface area (Å²) in [5.41, 5.74) is 2.28. The first kappa shape index (κ1) is 20.5. The van der Waals surface area contributed by atoms with Crippen LogP contribution in [0.15, 0.2) is 76.1 Å². The molecule has 0 bridgehead atoms. The van der Waals surface area contributed by atoms with Crippen LogP contribution in [0.4, 0.5) is 11.4 Å². The molecule has 1 amide bonds. The zero-order chi connectivity index (χ0) is 21.5. The smallest absolute Gasteiger partial charge is 0.267 e. The molecule has 11 nitrogen and oxygen atoms in total. The average Bonchev–Trinajstić information content (AvgIpc) is 2.75. The third-order valence-corrected chi connectivity index (χ3v) is 4.62. The molecule has 0 fully saturated rings. The molecule has 1 N–H and O–H groups in total. The molecule has 150 valence electrons. The number of hydrazone groups is 1. The second-order valence-electron chi connectivity index (χ2n) is 5.62. The van der Waals surface area contributed by atoms with Gasteiger partial charge in [-0.25, -0.2) is 15.4 Å². The lowest BCUT2D eigenvalue weighted by Crippen LogP contribution is -2.17. The van der Waals surface area contributed by atoms with Gasteiger partial charge in [0.05, 0.1) is 16.1 Å². The molecule has 0 saturated heterocycles. The average molecular weight is 424 g/mol. The minimum Gasteiger partial charge on any atom is -0.267 e. The van der Waals surface area contributed by atoms with Gasteiger partial charge < -0.3 is 0 Å². The number of carbonyl (C=O) groups excluding carboxylic acids is 1. The first-order valence-corrected chi connectivity index (χ1v) is 9.07. The highest BCUT2D eigenvalue weighted by molar-refractivity contribution is 7.99. The summed E-state index contributed by atoms with van der Waals surface area (Å²) < 4.78 is 0. The molecule has 1 heterocycles. The fraction of sp³-hybridized carbons (Fsp3) is 0. The molecule has 0 aliphatic rings. The highest BCUT2D eigenvalue weighted by Crippen LogP contribution is 2.29. The number of nitro benzene ring substituents is 2. The summed E-state index contributed by atoms with van der Waals surface area (Å²) in [6, 6.07) is 11.0. The van der Waals surface area contributed by atoms with E-state index in [4.69, 9.17) is 0 Å². The number of hydrogen-bond acceptors (Lipinski definition) is 9. The Morgan fingerprint density at radius 3 is 2.40 bits per heavy atom. The van der Waals surface area contributed by atoms with Crippen molar-refractivity contribution >= 4 is 35.3 Å². The molecule has 1 aromatic heterocycles. The third-order valence-electron chi connectivity index (χ3n) is 3.64. The number of nitro groups is 2. The lowest BCUT2D eigenvalue weighted by atomic mass is 10.2.